The van der Waals surface area contributed by atoms with Crippen molar-refractivity contribution in [1.29, 1.82) is 0 Å². The SMILES string of the molecule is Cl.NC1CCCN(S(=O)(=O)c2ccc(Br)c(F)c2)C1. The third kappa shape index (κ3) is 3.66. The lowest BCUT2D eigenvalue weighted by Gasteiger charge is -2.29. The van der Waals surface area contributed by atoms with Gasteiger partial charge in [-0.2, -0.15) is 4.31 Å². The first-order chi connectivity index (χ1) is 8.41. The average molecular weight is 374 g/mol. The summed E-state index contributed by atoms with van der Waals surface area (Å²) in [6, 6.07) is 3.67. The lowest BCUT2D eigenvalue weighted by atomic mass is 10.1. The minimum Gasteiger partial charge on any atom is -0.327 e. The fraction of sp³-hybridized carbons (Fsp3) is 0.455. The zero-order valence-corrected chi connectivity index (χ0v) is 13.3. The molecule has 4 nitrogen and oxygen atoms in total. The van der Waals surface area contributed by atoms with Crippen molar-refractivity contribution in [1.82, 2.24) is 4.31 Å². The van der Waals surface area contributed by atoms with E-state index < -0.39 is 15.8 Å². The molecule has 19 heavy (non-hydrogen) atoms. The van der Waals surface area contributed by atoms with Gasteiger partial charge >= 0.3 is 0 Å². The van der Waals surface area contributed by atoms with Crippen LogP contribution < -0.4 is 5.73 Å². The highest BCUT2D eigenvalue weighted by molar-refractivity contribution is 9.10. The minimum absolute atomic E-state index is 0. The van der Waals surface area contributed by atoms with Crippen LogP contribution in [0.4, 0.5) is 4.39 Å². The standard InChI is InChI=1S/C11H14BrFN2O2S.ClH/c12-10-4-3-9(6-11(10)13)18(16,17)15-5-1-2-8(14)7-15;/h3-4,6,8H,1-2,5,7,14H2;1H. The first kappa shape index (κ1) is 16.8. The van der Waals surface area contributed by atoms with Crippen molar-refractivity contribution in [3.05, 3.63) is 28.5 Å². The molecule has 0 bridgehead atoms. The van der Waals surface area contributed by atoms with Gasteiger partial charge in [0, 0.05) is 19.1 Å². The Hall–Kier alpha value is -0.210. The van der Waals surface area contributed by atoms with Crippen LogP contribution in [0.1, 0.15) is 12.8 Å². The molecule has 2 rings (SSSR count). The van der Waals surface area contributed by atoms with Crippen LogP contribution >= 0.6 is 28.3 Å². The maximum atomic E-state index is 13.4. The highest BCUT2D eigenvalue weighted by Crippen LogP contribution is 2.24. The van der Waals surface area contributed by atoms with Crippen LogP contribution in [0, 0.1) is 5.82 Å². The van der Waals surface area contributed by atoms with E-state index in [4.69, 9.17) is 5.73 Å². The van der Waals surface area contributed by atoms with Crippen molar-refractivity contribution < 1.29 is 12.8 Å². The summed E-state index contributed by atoms with van der Waals surface area (Å²) >= 11 is 3.00. The first-order valence-corrected chi connectivity index (χ1v) is 7.85. The number of hydrogen-bond acceptors (Lipinski definition) is 3. The maximum Gasteiger partial charge on any atom is 0.243 e. The van der Waals surface area contributed by atoms with Crippen LogP contribution in [0.25, 0.3) is 0 Å². The van der Waals surface area contributed by atoms with Gasteiger partial charge in [0.1, 0.15) is 5.82 Å². The molecule has 0 spiro atoms. The Labute approximate surface area is 126 Å². The molecule has 0 aromatic heterocycles. The number of hydrogen-bond donors (Lipinski definition) is 1. The van der Waals surface area contributed by atoms with Crippen LogP contribution in [-0.4, -0.2) is 31.9 Å². The largest absolute Gasteiger partial charge is 0.327 e. The van der Waals surface area contributed by atoms with Crippen molar-refractivity contribution in [2.45, 2.75) is 23.8 Å². The Bertz CT molecular complexity index is 556. The summed E-state index contributed by atoms with van der Waals surface area (Å²) in [6.07, 6.45) is 1.56. The average Bonchev–Trinajstić information content (AvgIpc) is 2.32. The molecule has 1 heterocycles. The van der Waals surface area contributed by atoms with E-state index in [1.54, 1.807) is 0 Å². The minimum atomic E-state index is -3.64. The Kier molecular flexibility index (Phi) is 5.76. The molecule has 2 N–H and O–H groups in total. The molecule has 1 aliphatic heterocycles. The van der Waals surface area contributed by atoms with Crippen molar-refractivity contribution in [3.63, 3.8) is 0 Å². The predicted molar refractivity (Wildman–Crippen MR) is 77.3 cm³/mol. The smallest absolute Gasteiger partial charge is 0.243 e. The molecule has 8 heteroatoms. The quantitative estimate of drug-likeness (QED) is 0.864. The summed E-state index contributed by atoms with van der Waals surface area (Å²) in [5.74, 6) is -0.586. The highest BCUT2D eigenvalue weighted by Gasteiger charge is 2.29. The van der Waals surface area contributed by atoms with Gasteiger partial charge in [-0.1, -0.05) is 0 Å². The fourth-order valence-corrected chi connectivity index (χ4v) is 3.77. The fourth-order valence-electron chi connectivity index (χ4n) is 1.98. The van der Waals surface area contributed by atoms with Gasteiger partial charge in [-0.05, 0) is 47.0 Å². The van der Waals surface area contributed by atoms with Crippen molar-refractivity contribution in [2.24, 2.45) is 5.73 Å². The molecule has 1 aromatic rings. The molecule has 0 amide bonds. The van der Waals surface area contributed by atoms with Crippen molar-refractivity contribution in [3.8, 4) is 0 Å². The van der Waals surface area contributed by atoms with Crippen LogP contribution in [0.5, 0.6) is 0 Å². The van der Waals surface area contributed by atoms with Gasteiger partial charge in [0.2, 0.25) is 10.0 Å². The van der Waals surface area contributed by atoms with Crippen LogP contribution in [0.15, 0.2) is 27.6 Å². The second-order valence-electron chi connectivity index (χ2n) is 4.34. The molecule has 1 fully saturated rings. The number of benzene rings is 1. The second-order valence-corrected chi connectivity index (χ2v) is 7.13. The van der Waals surface area contributed by atoms with Crippen LogP contribution in [0.2, 0.25) is 0 Å². The summed E-state index contributed by atoms with van der Waals surface area (Å²) in [4.78, 5) is -0.0303. The number of nitrogens with zero attached hydrogens (tertiary/aromatic N) is 1. The zero-order chi connectivity index (χ0) is 13.3. The summed E-state index contributed by atoms with van der Waals surface area (Å²) in [6.45, 7) is 0.730. The van der Waals surface area contributed by atoms with Gasteiger partial charge in [0.05, 0.1) is 9.37 Å². The number of halogens is 3. The Balaban J connectivity index is 0.00000180. The molecule has 0 saturated carbocycles. The van der Waals surface area contributed by atoms with Gasteiger partial charge in [0.25, 0.3) is 0 Å². The molecule has 1 unspecified atom stereocenters. The van der Waals surface area contributed by atoms with Gasteiger partial charge < -0.3 is 5.73 Å². The van der Waals surface area contributed by atoms with Crippen molar-refractivity contribution >= 4 is 38.4 Å². The Morgan fingerprint density at radius 1 is 1.42 bits per heavy atom. The van der Waals surface area contributed by atoms with E-state index in [1.165, 1.54) is 16.4 Å². The topological polar surface area (TPSA) is 63.4 Å². The molecule has 1 atom stereocenters. The molecule has 1 saturated heterocycles. The summed E-state index contributed by atoms with van der Waals surface area (Å²) in [5, 5.41) is 0. The van der Waals surface area contributed by atoms with Crippen LogP contribution in [0.3, 0.4) is 0 Å². The lowest BCUT2D eigenvalue weighted by Crippen LogP contribution is -2.45. The van der Waals surface area contributed by atoms with Gasteiger partial charge in [-0.25, -0.2) is 12.8 Å². The number of piperidine rings is 1. The van der Waals surface area contributed by atoms with E-state index in [2.05, 4.69) is 15.9 Å². The number of rotatable bonds is 2. The lowest BCUT2D eigenvalue weighted by molar-refractivity contribution is 0.316. The zero-order valence-electron chi connectivity index (χ0n) is 10.1. The Morgan fingerprint density at radius 3 is 2.68 bits per heavy atom. The van der Waals surface area contributed by atoms with E-state index in [9.17, 15) is 12.8 Å². The van der Waals surface area contributed by atoms with E-state index >= 15 is 0 Å². The summed E-state index contributed by atoms with van der Waals surface area (Å²) < 4.78 is 39.5. The molecule has 0 aliphatic carbocycles. The third-order valence-electron chi connectivity index (χ3n) is 2.95. The number of sulfonamides is 1. The van der Waals surface area contributed by atoms with Gasteiger partial charge in [-0.3, -0.25) is 0 Å². The van der Waals surface area contributed by atoms with Gasteiger partial charge in [-0.15, -0.1) is 12.4 Å². The molecule has 1 aromatic carbocycles. The van der Waals surface area contributed by atoms with E-state index in [-0.39, 0.29) is 27.8 Å². The Morgan fingerprint density at radius 2 is 2.11 bits per heavy atom. The van der Waals surface area contributed by atoms with E-state index in [0.29, 0.717) is 13.1 Å². The highest BCUT2D eigenvalue weighted by atomic mass is 79.9. The second kappa shape index (κ2) is 6.49. The van der Waals surface area contributed by atoms with Gasteiger partial charge in [0.15, 0.2) is 0 Å². The first-order valence-electron chi connectivity index (χ1n) is 5.62. The number of nitrogens with two attached hydrogens (primary N) is 1. The van der Waals surface area contributed by atoms with Crippen molar-refractivity contribution in [2.75, 3.05) is 13.1 Å². The maximum absolute atomic E-state index is 13.4. The summed E-state index contributed by atoms with van der Waals surface area (Å²) in [5.41, 5.74) is 5.77. The van der Waals surface area contributed by atoms with Crippen LogP contribution in [-0.2, 0) is 10.0 Å². The molecule has 108 valence electrons. The van der Waals surface area contributed by atoms with E-state index in [0.717, 1.165) is 18.9 Å². The van der Waals surface area contributed by atoms with E-state index in [1.807, 2.05) is 0 Å². The molecular formula is C11H15BrClFN2O2S. The molecule has 1 aliphatic rings. The predicted octanol–water partition coefficient (Wildman–Crippen LogP) is 2.12. The molecular weight excluding hydrogens is 359 g/mol. The molecule has 0 radical (unpaired) electrons. The summed E-state index contributed by atoms with van der Waals surface area (Å²) in [7, 11) is -3.64. The third-order valence-corrected chi connectivity index (χ3v) is 5.45. The monoisotopic (exact) mass is 372 g/mol. The normalized spacial score (nSPS) is 20.9.